The summed E-state index contributed by atoms with van der Waals surface area (Å²) in [6.45, 7) is 9.54. The molecule has 59 heavy (non-hydrogen) atoms. The van der Waals surface area contributed by atoms with Crippen molar-refractivity contribution in [2.24, 2.45) is 16.8 Å². The van der Waals surface area contributed by atoms with Crippen LogP contribution in [0.5, 0.6) is 11.5 Å². The number of allylic oxidation sites excluding steroid dienone is 1. The van der Waals surface area contributed by atoms with Crippen LogP contribution in [0.15, 0.2) is 53.8 Å². The highest BCUT2D eigenvalue weighted by Crippen LogP contribution is 2.41. The van der Waals surface area contributed by atoms with Gasteiger partial charge in [0.2, 0.25) is 11.8 Å². The van der Waals surface area contributed by atoms with Crippen molar-refractivity contribution in [2.45, 2.75) is 90.4 Å². The summed E-state index contributed by atoms with van der Waals surface area (Å²) in [6, 6.07) is 10.4. The molecule has 7 rings (SSSR count). The van der Waals surface area contributed by atoms with E-state index in [-0.39, 0.29) is 36.3 Å². The number of aromatic amines is 1. The Morgan fingerprint density at radius 3 is 2.20 bits per heavy atom. The maximum Gasteiger partial charge on any atom is 0.407 e. The quantitative estimate of drug-likeness (QED) is 0.146. The number of aromatic nitrogens is 2. The van der Waals surface area contributed by atoms with Crippen molar-refractivity contribution in [1.82, 2.24) is 30.4 Å². The number of carbonyl (C=O) groups is 4. The molecule has 4 aliphatic rings. The van der Waals surface area contributed by atoms with Gasteiger partial charge in [0.25, 0.3) is 0 Å². The van der Waals surface area contributed by atoms with Gasteiger partial charge in [-0.2, -0.15) is 0 Å². The van der Waals surface area contributed by atoms with Crippen LogP contribution in [-0.2, 0) is 30.2 Å². The van der Waals surface area contributed by atoms with Crippen LogP contribution >= 0.6 is 0 Å². The number of H-pyrrole nitrogens is 1. The summed E-state index contributed by atoms with van der Waals surface area (Å²) in [6.07, 6.45) is 6.86. The summed E-state index contributed by atoms with van der Waals surface area (Å²) in [4.78, 5) is 68.5. The molecular formula is C44H55N7O8. The molecule has 6 atom stereocenters. The third-order valence-corrected chi connectivity index (χ3v) is 12.3. The number of ether oxygens (including phenoxy) is 4. The van der Waals surface area contributed by atoms with Crippen LogP contribution in [0.4, 0.5) is 9.59 Å². The zero-order valence-corrected chi connectivity index (χ0v) is 34.7. The first-order chi connectivity index (χ1) is 28.5. The van der Waals surface area contributed by atoms with Crippen molar-refractivity contribution in [2.75, 3.05) is 40.5 Å². The largest absolute Gasteiger partial charge is 0.457 e. The number of amides is 4. The molecule has 15 heteroatoms. The number of morpholine rings is 1. The molecule has 3 N–H and O–H groups in total. The maximum atomic E-state index is 13.9. The van der Waals surface area contributed by atoms with Crippen LogP contribution in [0.1, 0.15) is 88.4 Å². The summed E-state index contributed by atoms with van der Waals surface area (Å²) in [7, 11) is 2.59. The van der Waals surface area contributed by atoms with E-state index < -0.39 is 30.3 Å². The van der Waals surface area contributed by atoms with Crippen LogP contribution in [0.3, 0.4) is 0 Å². The summed E-state index contributed by atoms with van der Waals surface area (Å²) in [5.41, 5.74) is 6.87. The number of alkyl carbamates (subject to hydrolysis) is 2. The van der Waals surface area contributed by atoms with E-state index >= 15 is 0 Å². The van der Waals surface area contributed by atoms with Gasteiger partial charge in [0, 0.05) is 43.4 Å². The molecule has 2 fully saturated rings. The van der Waals surface area contributed by atoms with E-state index in [9.17, 15) is 19.2 Å². The van der Waals surface area contributed by atoms with E-state index in [1.807, 2.05) is 50.9 Å². The van der Waals surface area contributed by atoms with Gasteiger partial charge in [-0.3, -0.25) is 14.6 Å². The molecule has 0 radical (unpaired) electrons. The lowest BCUT2D eigenvalue weighted by Gasteiger charge is -2.37. The molecule has 314 valence electrons. The van der Waals surface area contributed by atoms with Gasteiger partial charge in [-0.25, -0.2) is 14.6 Å². The molecule has 0 bridgehead atoms. The number of nitrogens with zero attached hydrogens (tertiary/aromatic N) is 4. The predicted octanol–water partition coefficient (Wildman–Crippen LogP) is 6.39. The monoisotopic (exact) mass is 809 g/mol. The fraction of sp³-hybridized carbons (Fsp3) is 0.500. The van der Waals surface area contributed by atoms with Gasteiger partial charge in [0.1, 0.15) is 35.4 Å². The SMILES string of the molecule is CC[C@H](C)[C@H](NC(=O)OC)C(=O)N1CCC[C@H]1C1=NC=C(c2ccc3c(c2)Oc2ccc(-c4cnc([C@@H]5COCCN5C(=O)[C@@H](NC(=O)OC)[C@@H](C)CC)[nH]4)cc2C3)C1. The number of nitrogens with one attached hydrogen (secondary N) is 3. The van der Waals surface area contributed by atoms with E-state index in [0.29, 0.717) is 44.8 Å². The number of hydrogen-bond donors (Lipinski definition) is 3. The molecule has 15 nitrogen and oxygen atoms in total. The molecule has 0 unspecified atom stereocenters. The number of fused-ring (bicyclic) bond motifs is 2. The fourth-order valence-electron chi connectivity index (χ4n) is 8.35. The molecule has 4 aliphatic heterocycles. The molecule has 0 aliphatic carbocycles. The van der Waals surface area contributed by atoms with Crippen molar-refractivity contribution in [3.05, 3.63) is 71.3 Å². The number of carbonyl (C=O) groups excluding carboxylic acids is 4. The lowest BCUT2D eigenvalue weighted by atomic mass is 9.93. The average molecular weight is 810 g/mol. The Morgan fingerprint density at radius 2 is 1.53 bits per heavy atom. The fourth-order valence-corrected chi connectivity index (χ4v) is 8.35. The van der Waals surface area contributed by atoms with Crippen molar-refractivity contribution < 1.29 is 38.1 Å². The van der Waals surface area contributed by atoms with Crippen molar-refractivity contribution in [3.8, 4) is 22.8 Å². The summed E-state index contributed by atoms with van der Waals surface area (Å²) in [5.74, 6) is 1.73. The average Bonchev–Trinajstić information content (AvgIpc) is 4.07. The Hall–Kier alpha value is -5.70. The number of hydrogen-bond acceptors (Lipinski definition) is 10. The van der Waals surface area contributed by atoms with Crippen molar-refractivity contribution in [1.29, 1.82) is 0 Å². The number of rotatable bonds is 12. The normalized spacial score (nSPS) is 20.5. The van der Waals surface area contributed by atoms with Crippen LogP contribution in [0.2, 0.25) is 0 Å². The van der Waals surface area contributed by atoms with Gasteiger partial charge < -0.3 is 44.4 Å². The number of aliphatic imine (C=N–C) groups is 1. The van der Waals surface area contributed by atoms with E-state index in [2.05, 4.69) is 39.9 Å². The van der Waals surface area contributed by atoms with E-state index in [1.165, 1.54) is 14.2 Å². The third-order valence-electron chi connectivity index (χ3n) is 12.3. The van der Waals surface area contributed by atoms with Crippen LogP contribution in [0, 0.1) is 11.8 Å². The zero-order valence-electron chi connectivity index (χ0n) is 34.7. The van der Waals surface area contributed by atoms with Gasteiger partial charge in [-0.1, -0.05) is 52.7 Å². The minimum Gasteiger partial charge on any atom is -0.457 e. The highest BCUT2D eigenvalue weighted by atomic mass is 16.5. The highest BCUT2D eigenvalue weighted by molar-refractivity contribution is 6.04. The van der Waals surface area contributed by atoms with E-state index in [1.54, 1.807) is 11.1 Å². The number of methoxy groups -OCH3 is 2. The Morgan fingerprint density at radius 1 is 0.847 bits per heavy atom. The van der Waals surface area contributed by atoms with E-state index in [0.717, 1.165) is 70.0 Å². The highest BCUT2D eigenvalue weighted by Gasteiger charge is 2.40. The van der Waals surface area contributed by atoms with Crippen molar-refractivity contribution in [3.63, 3.8) is 0 Å². The smallest absolute Gasteiger partial charge is 0.407 e. The van der Waals surface area contributed by atoms with Crippen LogP contribution in [-0.4, -0.2) is 108 Å². The number of benzene rings is 2. The minimum absolute atomic E-state index is 0.0490. The molecule has 3 aromatic rings. The Balaban J connectivity index is 1.01. The molecule has 2 saturated heterocycles. The van der Waals surface area contributed by atoms with Gasteiger partial charge in [0.15, 0.2) is 0 Å². The molecule has 0 spiro atoms. The molecule has 1 aromatic heterocycles. The first-order valence-corrected chi connectivity index (χ1v) is 20.7. The number of likely N-dealkylation sites (tertiary alicyclic amines) is 1. The van der Waals surface area contributed by atoms with Crippen molar-refractivity contribution >= 4 is 35.3 Å². The second-order valence-corrected chi connectivity index (χ2v) is 15.9. The second-order valence-electron chi connectivity index (χ2n) is 15.9. The molecule has 5 heterocycles. The van der Waals surface area contributed by atoms with Gasteiger partial charge in [0.05, 0.1) is 45.4 Å². The van der Waals surface area contributed by atoms with Crippen LogP contribution < -0.4 is 15.4 Å². The molecule has 4 amide bonds. The first-order valence-electron chi connectivity index (χ1n) is 20.7. The van der Waals surface area contributed by atoms with Gasteiger partial charge >= 0.3 is 12.2 Å². The maximum absolute atomic E-state index is 13.9. The van der Waals surface area contributed by atoms with Gasteiger partial charge in [-0.05, 0) is 71.2 Å². The molecule has 2 aromatic carbocycles. The summed E-state index contributed by atoms with van der Waals surface area (Å²) < 4.78 is 21.9. The lowest BCUT2D eigenvalue weighted by Crippen LogP contribution is -2.55. The van der Waals surface area contributed by atoms with E-state index in [4.69, 9.17) is 28.9 Å². The summed E-state index contributed by atoms with van der Waals surface area (Å²) in [5, 5.41) is 5.50. The Kier molecular flexibility index (Phi) is 12.7. The second kappa shape index (κ2) is 18.1. The minimum atomic E-state index is -0.741. The summed E-state index contributed by atoms with van der Waals surface area (Å²) >= 11 is 0. The number of imidazole rings is 1. The lowest BCUT2D eigenvalue weighted by molar-refractivity contribution is -0.144. The standard InChI is InChI=1S/C44H55N7O8/c1-7-25(3)38(48-43(54)56-5)41(52)50-15-9-10-34(50)32-20-31(22-45-32)27-11-12-29-19-30-18-28(13-14-36(30)59-37(29)21-27)33-23-46-40(47-33)35-24-58-17-16-51(35)42(53)39(26(4)8-2)49-44(55)57-6/h11-14,18,21-23,25-26,34-35,38-39H,7-10,15-17,19-20,24H2,1-6H3,(H,46,47)(H,48,54)(H,49,55)/t25-,26-,34-,35-,38-,39-/m0/s1. The Bertz CT molecular complexity index is 2130. The van der Waals surface area contributed by atoms with Crippen LogP contribution in [0.25, 0.3) is 16.8 Å². The topological polar surface area (TPSA) is 177 Å². The molecule has 0 saturated carbocycles. The Labute approximate surface area is 344 Å². The van der Waals surface area contributed by atoms with Gasteiger partial charge in [-0.15, -0.1) is 0 Å². The first kappa shape index (κ1) is 41.5. The zero-order chi connectivity index (χ0) is 41.8. The predicted molar refractivity (Wildman–Crippen MR) is 221 cm³/mol. The third kappa shape index (κ3) is 8.70. The molecular weight excluding hydrogens is 755 g/mol.